The van der Waals surface area contributed by atoms with E-state index in [1.54, 1.807) is 26.4 Å². The molecule has 1 saturated heterocycles. The predicted molar refractivity (Wildman–Crippen MR) is 105 cm³/mol. The number of aliphatic hydroxyl groups is 1. The Morgan fingerprint density at radius 3 is 2.63 bits per heavy atom. The summed E-state index contributed by atoms with van der Waals surface area (Å²) in [6.07, 6.45) is 3.35. The molecule has 0 spiro atoms. The number of hydrogen-bond donors (Lipinski definition) is 2. The van der Waals surface area contributed by atoms with E-state index >= 15 is 0 Å². The number of pyridine rings is 1. The number of hydrogen-bond acceptors (Lipinski definition) is 6. The second kappa shape index (κ2) is 6.92. The van der Waals surface area contributed by atoms with Gasteiger partial charge in [0.1, 0.15) is 17.1 Å². The molecule has 1 aliphatic rings. The molecule has 3 aromatic rings. The van der Waals surface area contributed by atoms with Gasteiger partial charge in [0.25, 0.3) is 0 Å². The first kappa shape index (κ1) is 17.9. The quantitative estimate of drug-likeness (QED) is 0.712. The number of aliphatic hydroxyl groups excluding tert-OH is 1. The standard InChI is InChI=1S/C19H21ClN4O3/c1-26-17-7-18(27-2)13(20)6-12(17)15-9-23-4-3-11(5-19(23)22-15)24-8-14(21)16(25)10-24/h3-7,9,14,16,25H,8,10,21H2,1-2H3/t14-,16-/m0/s1. The van der Waals surface area contributed by atoms with Crippen LogP contribution in [0.15, 0.2) is 36.7 Å². The summed E-state index contributed by atoms with van der Waals surface area (Å²) in [5.74, 6) is 1.18. The smallest absolute Gasteiger partial charge is 0.141 e. The first-order chi connectivity index (χ1) is 13.0. The van der Waals surface area contributed by atoms with E-state index in [0.717, 1.165) is 22.6 Å². The number of halogens is 1. The van der Waals surface area contributed by atoms with Gasteiger partial charge in [-0.25, -0.2) is 4.98 Å². The molecule has 3 heterocycles. The van der Waals surface area contributed by atoms with Crippen molar-refractivity contribution in [1.29, 1.82) is 0 Å². The van der Waals surface area contributed by atoms with Gasteiger partial charge in [0.05, 0.1) is 31.0 Å². The van der Waals surface area contributed by atoms with Crippen LogP contribution in [0.4, 0.5) is 5.69 Å². The van der Waals surface area contributed by atoms with Gasteiger partial charge in [-0.3, -0.25) is 0 Å². The summed E-state index contributed by atoms with van der Waals surface area (Å²) in [5.41, 5.74) is 9.21. The Bertz CT molecular complexity index is 980. The lowest BCUT2D eigenvalue weighted by Gasteiger charge is -2.17. The zero-order chi connectivity index (χ0) is 19.1. The van der Waals surface area contributed by atoms with Crippen molar-refractivity contribution in [1.82, 2.24) is 9.38 Å². The lowest BCUT2D eigenvalue weighted by Crippen LogP contribution is -2.32. The molecule has 0 aliphatic carbocycles. The van der Waals surface area contributed by atoms with Crippen molar-refractivity contribution in [3.63, 3.8) is 0 Å². The zero-order valence-electron chi connectivity index (χ0n) is 15.1. The van der Waals surface area contributed by atoms with Gasteiger partial charge in [-0.2, -0.15) is 0 Å². The van der Waals surface area contributed by atoms with Crippen LogP contribution < -0.4 is 20.1 Å². The molecule has 0 amide bonds. The minimum atomic E-state index is -0.512. The van der Waals surface area contributed by atoms with Gasteiger partial charge >= 0.3 is 0 Å². The molecule has 2 aromatic heterocycles. The van der Waals surface area contributed by atoms with Crippen molar-refractivity contribution in [3.8, 4) is 22.8 Å². The molecule has 27 heavy (non-hydrogen) atoms. The molecular formula is C19H21ClN4O3. The number of methoxy groups -OCH3 is 2. The maximum absolute atomic E-state index is 9.90. The summed E-state index contributed by atoms with van der Waals surface area (Å²) in [6.45, 7) is 1.14. The lowest BCUT2D eigenvalue weighted by atomic mass is 10.1. The van der Waals surface area contributed by atoms with Crippen LogP contribution in [-0.2, 0) is 0 Å². The Morgan fingerprint density at radius 2 is 1.96 bits per heavy atom. The number of fused-ring (bicyclic) bond motifs is 1. The fourth-order valence-electron chi connectivity index (χ4n) is 3.38. The van der Waals surface area contributed by atoms with E-state index in [-0.39, 0.29) is 6.04 Å². The number of benzene rings is 1. The molecule has 4 rings (SSSR count). The van der Waals surface area contributed by atoms with Crippen LogP contribution in [0.5, 0.6) is 11.5 Å². The molecule has 3 N–H and O–H groups in total. The number of β-amino-alcohol motifs (C(OH)–C–C–N with tert-alkyl or cyclic N) is 1. The molecule has 0 saturated carbocycles. The highest BCUT2D eigenvalue weighted by molar-refractivity contribution is 6.32. The largest absolute Gasteiger partial charge is 0.496 e. The van der Waals surface area contributed by atoms with E-state index in [1.807, 2.05) is 28.9 Å². The third-order valence-electron chi connectivity index (χ3n) is 4.89. The second-order valence-electron chi connectivity index (χ2n) is 6.60. The summed E-state index contributed by atoms with van der Waals surface area (Å²) in [6, 6.07) is 7.27. The van der Waals surface area contributed by atoms with Gasteiger partial charge in [-0.15, -0.1) is 0 Å². The summed E-state index contributed by atoms with van der Waals surface area (Å²) in [4.78, 5) is 6.79. The maximum Gasteiger partial charge on any atom is 0.141 e. The number of rotatable bonds is 4. The third kappa shape index (κ3) is 3.18. The van der Waals surface area contributed by atoms with Crippen molar-refractivity contribution in [2.45, 2.75) is 12.1 Å². The maximum atomic E-state index is 9.90. The van der Waals surface area contributed by atoms with Gasteiger partial charge < -0.3 is 29.6 Å². The van der Waals surface area contributed by atoms with E-state index in [0.29, 0.717) is 29.6 Å². The van der Waals surface area contributed by atoms with Crippen molar-refractivity contribution < 1.29 is 14.6 Å². The van der Waals surface area contributed by atoms with Crippen molar-refractivity contribution >= 4 is 22.9 Å². The summed E-state index contributed by atoms with van der Waals surface area (Å²) >= 11 is 6.29. The fraction of sp³-hybridized carbons (Fsp3) is 0.316. The van der Waals surface area contributed by atoms with Crippen LogP contribution in [0.1, 0.15) is 0 Å². The zero-order valence-corrected chi connectivity index (χ0v) is 15.8. The number of imidazole rings is 1. The average Bonchev–Trinajstić information content (AvgIpc) is 3.24. The first-order valence-corrected chi connectivity index (χ1v) is 8.97. The minimum absolute atomic E-state index is 0.234. The Morgan fingerprint density at radius 1 is 1.19 bits per heavy atom. The van der Waals surface area contributed by atoms with E-state index in [9.17, 15) is 5.11 Å². The highest BCUT2D eigenvalue weighted by Gasteiger charge is 2.28. The summed E-state index contributed by atoms with van der Waals surface area (Å²) < 4.78 is 12.7. The highest BCUT2D eigenvalue weighted by atomic mass is 35.5. The number of ether oxygens (including phenoxy) is 2. The molecule has 0 radical (unpaired) electrons. The van der Waals surface area contributed by atoms with E-state index in [2.05, 4.69) is 4.90 Å². The average molecular weight is 389 g/mol. The molecule has 8 heteroatoms. The van der Waals surface area contributed by atoms with E-state index in [1.165, 1.54) is 0 Å². The van der Waals surface area contributed by atoms with Gasteiger partial charge in [0.2, 0.25) is 0 Å². The van der Waals surface area contributed by atoms with Crippen LogP contribution in [0.25, 0.3) is 16.9 Å². The Labute approximate surface area is 161 Å². The molecular weight excluding hydrogens is 368 g/mol. The van der Waals surface area contributed by atoms with Crippen molar-refractivity contribution in [2.24, 2.45) is 5.73 Å². The summed E-state index contributed by atoms with van der Waals surface area (Å²) in [7, 11) is 3.16. The van der Waals surface area contributed by atoms with Gasteiger partial charge in [0, 0.05) is 54.9 Å². The van der Waals surface area contributed by atoms with Crippen molar-refractivity contribution in [3.05, 3.63) is 41.7 Å². The van der Waals surface area contributed by atoms with Crippen LogP contribution in [0.2, 0.25) is 5.02 Å². The van der Waals surface area contributed by atoms with Crippen molar-refractivity contribution in [2.75, 3.05) is 32.2 Å². The first-order valence-electron chi connectivity index (χ1n) is 8.59. The Balaban J connectivity index is 1.73. The molecule has 2 atom stereocenters. The van der Waals surface area contributed by atoms with Gasteiger partial charge in [-0.05, 0) is 12.1 Å². The minimum Gasteiger partial charge on any atom is -0.496 e. The van der Waals surface area contributed by atoms with E-state index < -0.39 is 6.10 Å². The SMILES string of the molecule is COc1cc(OC)c(-c2cn3ccc(N4C[C@H](N)[C@@H](O)C4)cc3n2)cc1Cl. The van der Waals surface area contributed by atoms with Gasteiger partial charge in [0.15, 0.2) is 0 Å². The molecule has 0 unspecified atom stereocenters. The van der Waals surface area contributed by atoms with Crippen LogP contribution in [0.3, 0.4) is 0 Å². The lowest BCUT2D eigenvalue weighted by molar-refractivity contribution is 0.180. The number of anilines is 1. The molecule has 7 nitrogen and oxygen atoms in total. The summed E-state index contributed by atoms with van der Waals surface area (Å²) in [5, 5.41) is 10.4. The number of nitrogens with two attached hydrogens (primary N) is 1. The predicted octanol–water partition coefficient (Wildman–Crippen LogP) is 2.18. The highest BCUT2D eigenvalue weighted by Crippen LogP contribution is 2.38. The third-order valence-corrected chi connectivity index (χ3v) is 5.19. The van der Waals surface area contributed by atoms with Crippen LogP contribution in [-0.4, -0.2) is 53.9 Å². The van der Waals surface area contributed by atoms with Gasteiger partial charge in [-0.1, -0.05) is 11.6 Å². The monoisotopic (exact) mass is 388 g/mol. The fourth-order valence-corrected chi connectivity index (χ4v) is 3.62. The Hall–Kier alpha value is -2.48. The normalized spacial score (nSPS) is 19.7. The van der Waals surface area contributed by atoms with Crippen LogP contribution in [0, 0.1) is 0 Å². The molecule has 1 aliphatic heterocycles. The topological polar surface area (TPSA) is 85.2 Å². The molecule has 142 valence electrons. The molecule has 0 bridgehead atoms. The number of nitrogens with zero attached hydrogens (tertiary/aromatic N) is 3. The molecule has 1 aromatic carbocycles. The van der Waals surface area contributed by atoms with E-state index in [4.69, 9.17) is 31.8 Å². The Kier molecular flexibility index (Phi) is 4.59. The number of aromatic nitrogens is 2. The van der Waals surface area contributed by atoms with Crippen LogP contribution >= 0.6 is 11.6 Å². The second-order valence-corrected chi connectivity index (χ2v) is 7.01. The molecule has 1 fully saturated rings.